The van der Waals surface area contributed by atoms with E-state index in [0.717, 1.165) is 16.7 Å². The lowest BCUT2D eigenvalue weighted by atomic mass is 10.1. The number of rotatable bonds is 9. The van der Waals surface area contributed by atoms with Crippen LogP contribution in [0.2, 0.25) is 0 Å². The van der Waals surface area contributed by atoms with Gasteiger partial charge in [0.2, 0.25) is 15.9 Å². The molecule has 7 heteroatoms. The van der Waals surface area contributed by atoms with Gasteiger partial charge in [-0.15, -0.1) is 0 Å². The Hall–Kier alpha value is -3.00. The Morgan fingerprint density at radius 2 is 1.43 bits per heavy atom. The molecule has 0 unspecified atom stereocenters. The molecule has 0 bridgehead atoms. The van der Waals surface area contributed by atoms with Crippen LogP contribution < -0.4 is 10.5 Å². The zero-order valence-electron chi connectivity index (χ0n) is 16.5. The molecule has 0 atom stereocenters. The highest BCUT2D eigenvalue weighted by Crippen LogP contribution is 2.11. The van der Waals surface area contributed by atoms with Crippen molar-refractivity contribution in [3.8, 4) is 0 Å². The van der Waals surface area contributed by atoms with Crippen molar-refractivity contribution in [2.24, 2.45) is 5.14 Å². The van der Waals surface area contributed by atoms with Crippen LogP contribution in [0.15, 0.2) is 83.8 Å². The van der Waals surface area contributed by atoms with Crippen LogP contribution in [-0.2, 0) is 45.7 Å². The number of hydrogen-bond acceptors (Lipinski definition) is 4. The molecule has 0 aliphatic heterocycles. The fourth-order valence-electron chi connectivity index (χ4n) is 2.94. The van der Waals surface area contributed by atoms with Crippen molar-refractivity contribution in [1.82, 2.24) is 5.32 Å². The van der Waals surface area contributed by atoms with E-state index < -0.39 is 10.0 Å². The Labute approximate surface area is 176 Å². The highest BCUT2D eigenvalue weighted by Gasteiger charge is 2.09. The molecule has 6 nitrogen and oxygen atoms in total. The average Bonchev–Trinajstić information content (AvgIpc) is 2.73. The largest absolute Gasteiger partial charge is 0.372 e. The van der Waals surface area contributed by atoms with Crippen molar-refractivity contribution >= 4 is 15.9 Å². The molecule has 0 saturated heterocycles. The van der Waals surface area contributed by atoms with Gasteiger partial charge in [0.15, 0.2) is 0 Å². The number of carbonyl (C=O) groups excluding carboxylic acids is 1. The molecule has 0 aliphatic carbocycles. The highest BCUT2D eigenvalue weighted by atomic mass is 32.2. The van der Waals surface area contributed by atoms with Gasteiger partial charge in [0.1, 0.15) is 0 Å². The zero-order chi connectivity index (χ0) is 21.4. The van der Waals surface area contributed by atoms with Gasteiger partial charge in [-0.2, -0.15) is 0 Å². The van der Waals surface area contributed by atoms with Crippen LogP contribution in [0.1, 0.15) is 22.3 Å². The Bertz CT molecular complexity index is 1080. The Morgan fingerprint density at radius 1 is 0.800 bits per heavy atom. The van der Waals surface area contributed by atoms with E-state index in [1.54, 1.807) is 12.1 Å². The SMILES string of the molecule is NS(=O)(=O)c1ccc(CC(=O)NCc2cccc(COCc3ccccc3)c2)cc1. The minimum atomic E-state index is -3.73. The lowest BCUT2D eigenvalue weighted by Crippen LogP contribution is -2.24. The molecular formula is C23H24N2O4S. The average molecular weight is 425 g/mol. The molecule has 1 amide bonds. The second kappa shape index (κ2) is 10.2. The summed E-state index contributed by atoms with van der Waals surface area (Å²) in [6, 6.07) is 23.8. The van der Waals surface area contributed by atoms with E-state index >= 15 is 0 Å². The van der Waals surface area contributed by atoms with Crippen LogP contribution >= 0.6 is 0 Å². The number of nitrogens with two attached hydrogens (primary N) is 1. The second-order valence-electron chi connectivity index (χ2n) is 6.94. The van der Waals surface area contributed by atoms with Gasteiger partial charge >= 0.3 is 0 Å². The number of carbonyl (C=O) groups is 1. The molecule has 3 aromatic rings. The molecule has 0 aliphatic rings. The molecule has 3 N–H and O–H groups in total. The van der Waals surface area contributed by atoms with Gasteiger partial charge in [0, 0.05) is 6.54 Å². The van der Waals surface area contributed by atoms with Crippen molar-refractivity contribution in [2.45, 2.75) is 31.1 Å². The number of ether oxygens (including phenoxy) is 1. The maximum atomic E-state index is 12.2. The normalized spacial score (nSPS) is 11.2. The quantitative estimate of drug-likeness (QED) is 0.552. The van der Waals surface area contributed by atoms with Crippen molar-refractivity contribution in [3.63, 3.8) is 0 Å². The summed E-state index contributed by atoms with van der Waals surface area (Å²) in [4.78, 5) is 12.2. The fourth-order valence-corrected chi connectivity index (χ4v) is 3.45. The summed E-state index contributed by atoms with van der Waals surface area (Å²) in [5, 5.41) is 7.96. The summed E-state index contributed by atoms with van der Waals surface area (Å²) < 4.78 is 28.3. The van der Waals surface area contributed by atoms with Crippen molar-refractivity contribution in [3.05, 3.63) is 101 Å². The van der Waals surface area contributed by atoms with Gasteiger partial charge in [-0.1, -0.05) is 66.7 Å². The summed E-state index contributed by atoms with van der Waals surface area (Å²) in [6.45, 7) is 1.44. The smallest absolute Gasteiger partial charge is 0.238 e. The molecule has 0 fully saturated rings. The topological polar surface area (TPSA) is 98.5 Å². The first-order valence-corrected chi connectivity index (χ1v) is 11.0. The van der Waals surface area contributed by atoms with Crippen LogP contribution in [0, 0.1) is 0 Å². The van der Waals surface area contributed by atoms with Crippen molar-refractivity contribution in [2.75, 3.05) is 0 Å². The molecular weight excluding hydrogens is 400 g/mol. The number of primary sulfonamides is 1. The van der Waals surface area contributed by atoms with Crippen LogP contribution in [-0.4, -0.2) is 14.3 Å². The van der Waals surface area contributed by atoms with Crippen molar-refractivity contribution < 1.29 is 17.9 Å². The van der Waals surface area contributed by atoms with E-state index in [0.29, 0.717) is 25.3 Å². The second-order valence-corrected chi connectivity index (χ2v) is 8.50. The zero-order valence-corrected chi connectivity index (χ0v) is 17.3. The molecule has 156 valence electrons. The number of sulfonamides is 1. The van der Waals surface area contributed by atoms with E-state index in [9.17, 15) is 13.2 Å². The molecule has 0 saturated carbocycles. The minimum absolute atomic E-state index is 0.0259. The first-order chi connectivity index (χ1) is 14.4. The van der Waals surface area contributed by atoms with Gasteiger partial charge < -0.3 is 10.1 Å². The van der Waals surface area contributed by atoms with E-state index in [4.69, 9.17) is 9.88 Å². The van der Waals surface area contributed by atoms with E-state index in [2.05, 4.69) is 5.32 Å². The number of hydrogen-bond donors (Lipinski definition) is 2. The first kappa shape index (κ1) is 21.7. The highest BCUT2D eigenvalue weighted by molar-refractivity contribution is 7.89. The predicted molar refractivity (Wildman–Crippen MR) is 115 cm³/mol. The van der Waals surface area contributed by atoms with Crippen LogP contribution in [0.5, 0.6) is 0 Å². The Morgan fingerprint density at radius 3 is 2.13 bits per heavy atom. The standard InChI is InChI=1S/C23H24N2O4S/c24-30(27,28)22-11-9-18(10-12-22)14-23(26)25-15-20-7-4-8-21(13-20)17-29-16-19-5-2-1-3-6-19/h1-13H,14-17H2,(H,25,26)(H2,24,27,28). The molecule has 3 rings (SSSR count). The fraction of sp³-hybridized carbons (Fsp3) is 0.174. The lowest BCUT2D eigenvalue weighted by molar-refractivity contribution is -0.120. The first-order valence-electron chi connectivity index (χ1n) is 9.48. The van der Waals surface area contributed by atoms with Gasteiger partial charge in [0.25, 0.3) is 0 Å². The Balaban J connectivity index is 1.47. The molecule has 0 aromatic heterocycles. The monoisotopic (exact) mass is 424 g/mol. The Kier molecular flexibility index (Phi) is 7.35. The van der Waals surface area contributed by atoms with E-state index in [-0.39, 0.29) is 17.2 Å². The molecule has 3 aromatic carbocycles. The maximum absolute atomic E-state index is 12.2. The number of amides is 1. The molecule has 30 heavy (non-hydrogen) atoms. The van der Waals surface area contributed by atoms with Gasteiger partial charge in [-0.25, -0.2) is 13.6 Å². The summed E-state index contributed by atoms with van der Waals surface area (Å²) in [5.41, 5.74) is 3.85. The van der Waals surface area contributed by atoms with Crippen LogP contribution in [0.4, 0.5) is 0 Å². The number of benzene rings is 3. The third kappa shape index (κ3) is 6.81. The summed E-state index contributed by atoms with van der Waals surface area (Å²) >= 11 is 0. The van der Waals surface area contributed by atoms with Crippen LogP contribution in [0.3, 0.4) is 0 Å². The van der Waals surface area contributed by atoms with Gasteiger partial charge in [-0.3, -0.25) is 4.79 Å². The van der Waals surface area contributed by atoms with E-state index in [1.807, 2.05) is 54.6 Å². The van der Waals surface area contributed by atoms with Crippen LogP contribution in [0.25, 0.3) is 0 Å². The molecule has 0 radical (unpaired) electrons. The van der Waals surface area contributed by atoms with Crippen molar-refractivity contribution in [1.29, 1.82) is 0 Å². The summed E-state index contributed by atoms with van der Waals surface area (Å²) in [7, 11) is -3.73. The minimum Gasteiger partial charge on any atom is -0.372 e. The summed E-state index contributed by atoms with van der Waals surface area (Å²) in [5.74, 6) is -0.149. The third-order valence-corrected chi connectivity index (χ3v) is 5.41. The number of nitrogens with one attached hydrogen (secondary N) is 1. The van der Waals surface area contributed by atoms with E-state index in [1.165, 1.54) is 12.1 Å². The predicted octanol–water partition coefficient (Wildman–Crippen LogP) is 2.91. The molecule has 0 heterocycles. The van der Waals surface area contributed by atoms with Gasteiger partial charge in [0.05, 0.1) is 24.5 Å². The summed E-state index contributed by atoms with van der Waals surface area (Å²) in [6.07, 6.45) is 0.158. The third-order valence-electron chi connectivity index (χ3n) is 4.48. The maximum Gasteiger partial charge on any atom is 0.238 e. The molecule has 0 spiro atoms. The van der Waals surface area contributed by atoms with Gasteiger partial charge in [-0.05, 0) is 34.4 Å². The lowest BCUT2D eigenvalue weighted by Gasteiger charge is -2.09.